The zero-order valence-corrected chi connectivity index (χ0v) is 8.28. The Morgan fingerprint density at radius 3 is 3.08 bits per heavy atom. The van der Waals surface area contributed by atoms with E-state index < -0.39 is 6.10 Å². The van der Waals surface area contributed by atoms with Crippen LogP contribution in [-0.2, 0) is 0 Å². The number of ether oxygens (including phenoxy) is 1. The van der Waals surface area contributed by atoms with Crippen LogP contribution in [0.2, 0.25) is 0 Å². The van der Waals surface area contributed by atoms with E-state index in [0.29, 0.717) is 10.4 Å². The van der Waals surface area contributed by atoms with Crippen molar-refractivity contribution in [2.45, 2.75) is 13.0 Å². The van der Waals surface area contributed by atoms with Gasteiger partial charge in [0, 0.05) is 6.20 Å². The maximum absolute atomic E-state index is 8.94. The van der Waals surface area contributed by atoms with Crippen molar-refractivity contribution in [3.05, 3.63) is 22.9 Å². The number of aromatic nitrogens is 1. The van der Waals surface area contributed by atoms with Gasteiger partial charge in [0.05, 0.1) is 6.10 Å². The molecule has 66 valence electrons. The number of hydrogen-bond acceptors (Lipinski definition) is 3. The summed E-state index contributed by atoms with van der Waals surface area (Å²) in [4.78, 5) is 3.97. The number of hydrogen-bond donors (Lipinski definition) is 1. The molecule has 0 spiro atoms. The lowest BCUT2D eigenvalue weighted by Gasteiger charge is -2.08. The second kappa shape index (κ2) is 4.42. The fraction of sp³-hybridized carbons (Fsp3) is 0.375. The summed E-state index contributed by atoms with van der Waals surface area (Å²) in [6, 6.07) is 3.57. The average Bonchev–Trinajstić information content (AvgIpc) is 2.03. The average molecular weight is 232 g/mol. The van der Waals surface area contributed by atoms with Gasteiger partial charge >= 0.3 is 0 Å². The standard InChI is InChI=1S/C8H10BrNO2/c1-6(11)5-12-7-3-2-4-10-8(7)9/h2-4,6,11H,5H2,1H3. The molecule has 0 aliphatic rings. The molecule has 0 bridgehead atoms. The SMILES string of the molecule is CC(O)COc1cccnc1Br. The molecule has 3 nitrogen and oxygen atoms in total. The van der Waals surface area contributed by atoms with Crippen molar-refractivity contribution in [1.29, 1.82) is 0 Å². The monoisotopic (exact) mass is 231 g/mol. The van der Waals surface area contributed by atoms with Gasteiger partial charge in [-0.1, -0.05) is 0 Å². The van der Waals surface area contributed by atoms with E-state index in [-0.39, 0.29) is 6.61 Å². The molecule has 0 saturated carbocycles. The predicted octanol–water partition coefficient (Wildman–Crippen LogP) is 1.60. The molecule has 0 fully saturated rings. The molecule has 0 aliphatic heterocycles. The van der Waals surface area contributed by atoms with Crippen LogP contribution in [0.3, 0.4) is 0 Å². The summed E-state index contributed by atoms with van der Waals surface area (Å²) in [5, 5.41) is 8.94. The number of halogens is 1. The molecule has 12 heavy (non-hydrogen) atoms. The van der Waals surface area contributed by atoms with E-state index in [4.69, 9.17) is 9.84 Å². The normalized spacial score (nSPS) is 12.6. The summed E-state index contributed by atoms with van der Waals surface area (Å²) in [5.41, 5.74) is 0. The van der Waals surface area contributed by atoms with E-state index in [1.54, 1.807) is 25.3 Å². The van der Waals surface area contributed by atoms with E-state index >= 15 is 0 Å². The minimum absolute atomic E-state index is 0.282. The van der Waals surface area contributed by atoms with Crippen LogP contribution >= 0.6 is 15.9 Å². The number of pyridine rings is 1. The molecule has 0 aliphatic carbocycles. The Balaban J connectivity index is 2.57. The molecule has 4 heteroatoms. The van der Waals surface area contributed by atoms with Gasteiger partial charge in [-0.15, -0.1) is 0 Å². The molecule has 0 aromatic carbocycles. The quantitative estimate of drug-likeness (QED) is 0.805. The molecule has 1 atom stereocenters. The zero-order chi connectivity index (χ0) is 8.97. The number of rotatable bonds is 3. The van der Waals surface area contributed by atoms with Gasteiger partial charge in [-0.05, 0) is 35.0 Å². The molecule has 0 radical (unpaired) electrons. The summed E-state index contributed by atoms with van der Waals surface area (Å²) in [5.74, 6) is 0.651. The van der Waals surface area contributed by atoms with Crippen LogP contribution in [-0.4, -0.2) is 22.8 Å². The third-order valence-electron chi connectivity index (χ3n) is 1.20. The molecule has 1 N–H and O–H groups in total. The Kier molecular flexibility index (Phi) is 3.49. The largest absolute Gasteiger partial charge is 0.488 e. The summed E-state index contributed by atoms with van der Waals surface area (Å²) >= 11 is 3.23. The predicted molar refractivity (Wildman–Crippen MR) is 49.1 cm³/mol. The van der Waals surface area contributed by atoms with E-state index in [1.165, 1.54) is 0 Å². The van der Waals surface area contributed by atoms with Gasteiger partial charge in [-0.3, -0.25) is 0 Å². The van der Waals surface area contributed by atoms with Crippen LogP contribution in [0.15, 0.2) is 22.9 Å². The van der Waals surface area contributed by atoms with Crippen molar-refractivity contribution in [1.82, 2.24) is 4.98 Å². The Morgan fingerprint density at radius 2 is 2.50 bits per heavy atom. The lowest BCUT2D eigenvalue weighted by molar-refractivity contribution is 0.122. The van der Waals surface area contributed by atoms with Gasteiger partial charge in [0.15, 0.2) is 5.75 Å². The smallest absolute Gasteiger partial charge is 0.152 e. The summed E-state index contributed by atoms with van der Waals surface area (Å²) < 4.78 is 5.90. The molecule has 1 aromatic heterocycles. The van der Waals surface area contributed by atoms with Gasteiger partial charge < -0.3 is 9.84 Å². The van der Waals surface area contributed by atoms with Crippen LogP contribution < -0.4 is 4.74 Å². The molecule has 1 rings (SSSR count). The first-order valence-corrected chi connectivity index (χ1v) is 4.41. The number of nitrogens with zero attached hydrogens (tertiary/aromatic N) is 1. The highest BCUT2D eigenvalue weighted by Gasteiger charge is 2.01. The van der Waals surface area contributed by atoms with Crippen molar-refractivity contribution in [3.8, 4) is 5.75 Å². The molecule has 0 amide bonds. The van der Waals surface area contributed by atoms with Crippen molar-refractivity contribution >= 4 is 15.9 Å². The minimum Gasteiger partial charge on any atom is -0.488 e. The molecular weight excluding hydrogens is 222 g/mol. The fourth-order valence-electron chi connectivity index (χ4n) is 0.689. The van der Waals surface area contributed by atoms with Gasteiger partial charge in [-0.2, -0.15) is 0 Å². The van der Waals surface area contributed by atoms with Crippen molar-refractivity contribution in [3.63, 3.8) is 0 Å². The zero-order valence-electron chi connectivity index (χ0n) is 6.70. The lowest BCUT2D eigenvalue weighted by atomic mass is 10.4. The summed E-state index contributed by atoms with van der Waals surface area (Å²) in [7, 11) is 0. The van der Waals surface area contributed by atoms with E-state index in [1.807, 2.05) is 0 Å². The highest BCUT2D eigenvalue weighted by atomic mass is 79.9. The van der Waals surface area contributed by atoms with Crippen molar-refractivity contribution in [2.24, 2.45) is 0 Å². The van der Waals surface area contributed by atoms with E-state index in [9.17, 15) is 0 Å². The number of aliphatic hydroxyl groups excluding tert-OH is 1. The van der Waals surface area contributed by atoms with Crippen LogP contribution in [0.4, 0.5) is 0 Å². The number of aliphatic hydroxyl groups is 1. The van der Waals surface area contributed by atoms with Gasteiger partial charge in [0.25, 0.3) is 0 Å². The van der Waals surface area contributed by atoms with Crippen molar-refractivity contribution in [2.75, 3.05) is 6.61 Å². The lowest BCUT2D eigenvalue weighted by Crippen LogP contribution is -2.13. The van der Waals surface area contributed by atoms with Gasteiger partial charge in [-0.25, -0.2) is 4.98 Å². The van der Waals surface area contributed by atoms with Gasteiger partial charge in [0.1, 0.15) is 11.2 Å². The van der Waals surface area contributed by atoms with E-state index in [2.05, 4.69) is 20.9 Å². The molecule has 1 heterocycles. The Hall–Kier alpha value is -0.610. The molecule has 0 saturated heterocycles. The molecule has 1 aromatic rings. The minimum atomic E-state index is -0.461. The maximum Gasteiger partial charge on any atom is 0.152 e. The van der Waals surface area contributed by atoms with Crippen LogP contribution in [0.1, 0.15) is 6.92 Å². The summed E-state index contributed by atoms with van der Waals surface area (Å²) in [6.45, 7) is 1.95. The maximum atomic E-state index is 8.94. The summed E-state index contributed by atoms with van der Waals surface area (Å²) in [6.07, 6.45) is 1.20. The second-order valence-corrected chi connectivity index (χ2v) is 3.20. The first-order chi connectivity index (χ1) is 5.70. The third kappa shape index (κ3) is 2.79. The highest BCUT2D eigenvalue weighted by molar-refractivity contribution is 9.10. The van der Waals surface area contributed by atoms with Crippen LogP contribution in [0, 0.1) is 0 Å². The third-order valence-corrected chi connectivity index (χ3v) is 1.80. The first-order valence-electron chi connectivity index (χ1n) is 3.61. The topological polar surface area (TPSA) is 42.4 Å². The highest BCUT2D eigenvalue weighted by Crippen LogP contribution is 2.20. The second-order valence-electron chi connectivity index (χ2n) is 2.45. The Morgan fingerprint density at radius 1 is 1.75 bits per heavy atom. The molecular formula is C8H10BrNO2. The van der Waals surface area contributed by atoms with Crippen molar-refractivity contribution < 1.29 is 9.84 Å². The molecule has 1 unspecified atom stereocenters. The Labute approximate surface area is 79.5 Å². The Bertz CT molecular complexity index is 253. The van der Waals surface area contributed by atoms with E-state index in [0.717, 1.165) is 0 Å². The van der Waals surface area contributed by atoms with Crippen LogP contribution in [0.25, 0.3) is 0 Å². The van der Waals surface area contributed by atoms with Gasteiger partial charge in [0.2, 0.25) is 0 Å². The first kappa shape index (κ1) is 9.48. The fourth-order valence-corrected chi connectivity index (χ4v) is 1.05. The van der Waals surface area contributed by atoms with Crippen LogP contribution in [0.5, 0.6) is 5.75 Å².